The lowest BCUT2D eigenvalue weighted by atomic mass is 9.86. The quantitative estimate of drug-likeness (QED) is 0.752. The van der Waals surface area contributed by atoms with E-state index in [1.54, 1.807) is 0 Å². The molecule has 154 valence electrons. The van der Waals surface area contributed by atoms with E-state index >= 15 is 0 Å². The highest BCUT2D eigenvalue weighted by molar-refractivity contribution is 6.00. The van der Waals surface area contributed by atoms with Crippen molar-refractivity contribution in [1.29, 1.82) is 0 Å². The predicted molar refractivity (Wildman–Crippen MR) is 117 cm³/mol. The molecule has 0 saturated heterocycles. The van der Waals surface area contributed by atoms with Gasteiger partial charge in [0.15, 0.2) is 0 Å². The van der Waals surface area contributed by atoms with Crippen LogP contribution in [0, 0.1) is 11.8 Å². The molecule has 1 N–H and O–H groups in total. The average Bonchev–Trinajstić information content (AvgIpc) is 3.47. The molecule has 1 aliphatic carbocycles. The molecule has 2 unspecified atom stereocenters. The molecule has 29 heavy (non-hydrogen) atoms. The highest BCUT2D eigenvalue weighted by Crippen LogP contribution is 2.42. The summed E-state index contributed by atoms with van der Waals surface area (Å²) in [5.41, 5.74) is 2.99. The summed E-state index contributed by atoms with van der Waals surface area (Å²) >= 11 is 0. The van der Waals surface area contributed by atoms with Crippen molar-refractivity contribution in [3.63, 3.8) is 0 Å². The van der Waals surface area contributed by atoms with Crippen LogP contribution < -0.4 is 5.32 Å². The minimum absolute atomic E-state index is 0.0523. The van der Waals surface area contributed by atoms with Gasteiger partial charge in [0, 0.05) is 18.3 Å². The molecule has 0 aliphatic heterocycles. The van der Waals surface area contributed by atoms with Gasteiger partial charge in [-0.2, -0.15) is 0 Å². The highest BCUT2D eigenvalue weighted by atomic mass is 16.2. The number of para-hydroxylation sites is 1. The first-order chi connectivity index (χ1) is 13.7. The van der Waals surface area contributed by atoms with Gasteiger partial charge in [0.05, 0.1) is 11.8 Å². The SMILES string of the molecule is CC(C)N(Cc1ccccc1)C(=O)C1CC1C(=O)Nc1ccccc1C(C)(C)C. The minimum Gasteiger partial charge on any atom is -0.336 e. The Morgan fingerprint density at radius 1 is 1.00 bits per heavy atom. The van der Waals surface area contributed by atoms with Crippen LogP contribution in [0.5, 0.6) is 0 Å². The van der Waals surface area contributed by atoms with E-state index in [1.165, 1.54) is 0 Å². The summed E-state index contributed by atoms with van der Waals surface area (Å²) in [6, 6.07) is 18.0. The fourth-order valence-corrected chi connectivity index (χ4v) is 3.74. The number of rotatable bonds is 6. The predicted octanol–water partition coefficient (Wildman–Crippen LogP) is 5.00. The monoisotopic (exact) mass is 392 g/mol. The van der Waals surface area contributed by atoms with E-state index < -0.39 is 0 Å². The molecule has 0 radical (unpaired) electrons. The molecule has 0 bridgehead atoms. The number of nitrogens with one attached hydrogen (secondary N) is 1. The fraction of sp³-hybridized carbons (Fsp3) is 0.440. The first kappa shape index (κ1) is 21.1. The number of anilines is 1. The lowest BCUT2D eigenvalue weighted by Gasteiger charge is -2.27. The second-order valence-corrected chi connectivity index (χ2v) is 9.28. The summed E-state index contributed by atoms with van der Waals surface area (Å²) in [5, 5.41) is 3.07. The van der Waals surface area contributed by atoms with Gasteiger partial charge in [-0.3, -0.25) is 9.59 Å². The number of hydrogen-bond donors (Lipinski definition) is 1. The summed E-state index contributed by atoms with van der Waals surface area (Å²) in [6.07, 6.45) is 0.625. The van der Waals surface area contributed by atoms with Gasteiger partial charge in [-0.1, -0.05) is 69.3 Å². The van der Waals surface area contributed by atoms with E-state index in [2.05, 4.69) is 26.1 Å². The van der Waals surface area contributed by atoms with Crippen molar-refractivity contribution in [3.05, 3.63) is 65.7 Å². The van der Waals surface area contributed by atoms with Crippen molar-refractivity contribution >= 4 is 17.5 Å². The molecule has 2 amide bonds. The molecule has 2 aromatic rings. The Hall–Kier alpha value is -2.62. The zero-order chi connectivity index (χ0) is 21.2. The largest absolute Gasteiger partial charge is 0.336 e. The maximum atomic E-state index is 13.1. The van der Waals surface area contributed by atoms with E-state index in [0.717, 1.165) is 16.8 Å². The lowest BCUT2D eigenvalue weighted by molar-refractivity contribution is -0.136. The van der Waals surface area contributed by atoms with Crippen molar-refractivity contribution in [3.8, 4) is 0 Å². The van der Waals surface area contributed by atoms with Crippen LogP contribution in [0.1, 0.15) is 52.2 Å². The first-order valence-electron chi connectivity index (χ1n) is 10.4. The van der Waals surface area contributed by atoms with Gasteiger partial charge >= 0.3 is 0 Å². The average molecular weight is 393 g/mol. The number of hydrogen-bond acceptors (Lipinski definition) is 2. The zero-order valence-corrected chi connectivity index (χ0v) is 18.1. The van der Waals surface area contributed by atoms with E-state index in [0.29, 0.717) is 13.0 Å². The lowest BCUT2D eigenvalue weighted by Crippen LogP contribution is -2.38. The third kappa shape index (κ3) is 5.06. The van der Waals surface area contributed by atoms with Gasteiger partial charge in [-0.25, -0.2) is 0 Å². The molecule has 0 spiro atoms. The zero-order valence-electron chi connectivity index (χ0n) is 18.1. The van der Waals surface area contributed by atoms with Gasteiger partial charge < -0.3 is 10.2 Å². The second-order valence-electron chi connectivity index (χ2n) is 9.28. The highest BCUT2D eigenvalue weighted by Gasteiger charge is 2.50. The summed E-state index contributed by atoms with van der Waals surface area (Å²) in [7, 11) is 0. The van der Waals surface area contributed by atoms with Crippen LogP contribution >= 0.6 is 0 Å². The van der Waals surface area contributed by atoms with Crippen molar-refractivity contribution in [2.45, 2.75) is 59.0 Å². The van der Waals surface area contributed by atoms with Gasteiger partial charge in [0.2, 0.25) is 11.8 Å². The normalized spacial score (nSPS) is 18.4. The minimum atomic E-state index is -0.243. The summed E-state index contributed by atoms with van der Waals surface area (Å²) in [5.74, 6) is -0.438. The summed E-state index contributed by atoms with van der Waals surface area (Å²) in [6.45, 7) is 11.0. The Labute approximate surface area is 174 Å². The molecule has 4 heteroatoms. The van der Waals surface area contributed by atoms with Crippen LogP contribution in [0.25, 0.3) is 0 Å². The van der Waals surface area contributed by atoms with Crippen LogP contribution in [-0.2, 0) is 21.5 Å². The number of carbonyl (C=O) groups is 2. The Morgan fingerprint density at radius 3 is 2.24 bits per heavy atom. The standard InChI is InChI=1S/C25H32N2O2/c1-17(2)27(16-18-11-7-6-8-12-18)24(29)20-15-19(20)23(28)26-22-14-10-9-13-21(22)25(3,4)5/h6-14,17,19-20H,15-16H2,1-5H3,(H,26,28). The first-order valence-corrected chi connectivity index (χ1v) is 10.4. The molecule has 1 fully saturated rings. The molecule has 0 heterocycles. The van der Waals surface area contributed by atoms with Crippen molar-refractivity contribution < 1.29 is 9.59 Å². The molecule has 2 atom stereocenters. The molecule has 3 rings (SSSR count). The van der Waals surface area contributed by atoms with Crippen LogP contribution in [0.4, 0.5) is 5.69 Å². The van der Waals surface area contributed by atoms with Crippen molar-refractivity contribution in [2.24, 2.45) is 11.8 Å². The number of carbonyl (C=O) groups excluding carboxylic acids is 2. The number of amides is 2. The van der Waals surface area contributed by atoms with Crippen LogP contribution in [0.3, 0.4) is 0 Å². The van der Waals surface area contributed by atoms with Crippen LogP contribution in [0.2, 0.25) is 0 Å². The van der Waals surface area contributed by atoms with Gasteiger partial charge in [0.25, 0.3) is 0 Å². The molecule has 0 aromatic heterocycles. The molecular weight excluding hydrogens is 360 g/mol. The van der Waals surface area contributed by atoms with E-state index in [-0.39, 0.29) is 35.1 Å². The maximum absolute atomic E-state index is 13.1. The Balaban J connectivity index is 1.66. The van der Waals surface area contributed by atoms with Gasteiger partial charge in [-0.15, -0.1) is 0 Å². The molecule has 1 saturated carbocycles. The molecular formula is C25H32N2O2. The van der Waals surface area contributed by atoms with Gasteiger partial charge in [0.1, 0.15) is 0 Å². The third-order valence-corrected chi connectivity index (χ3v) is 5.54. The second kappa shape index (κ2) is 8.40. The molecule has 4 nitrogen and oxygen atoms in total. The van der Waals surface area contributed by atoms with Gasteiger partial charge in [-0.05, 0) is 42.9 Å². The molecule has 2 aromatic carbocycles. The smallest absolute Gasteiger partial charge is 0.228 e. The fourth-order valence-electron chi connectivity index (χ4n) is 3.74. The van der Waals surface area contributed by atoms with Crippen molar-refractivity contribution in [2.75, 3.05) is 5.32 Å². The molecule has 1 aliphatic rings. The van der Waals surface area contributed by atoms with E-state index in [4.69, 9.17) is 0 Å². The maximum Gasteiger partial charge on any atom is 0.228 e. The Bertz CT molecular complexity index is 868. The third-order valence-electron chi connectivity index (χ3n) is 5.54. The number of benzene rings is 2. The van der Waals surface area contributed by atoms with E-state index in [1.807, 2.05) is 73.3 Å². The van der Waals surface area contributed by atoms with Crippen LogP contribution in [-0.4, -0.2) is 22.8 Å². The van der Waals surface area contributed by atoms with Crippen molar-refractivity contribution in [1.82, 2.24) is 4.90 Å². The Morgan fingerprint density at radius 2 is 1.62 bits per heavy atom. The van der Waals surface area contributed by atoms with Crippen LogP contribution in [0.15, 0.2) is 54.6 Å². The summed E-state index contributed by atoms with van der Waals surface area (Å²) < 4.78 is 0. The summed E-state index contributed by atoms with van der Waals surface area (Å²) in [4.78, 5) is 27.8. The number of nitrogens with zero attached hydrogens (tertiary/aromatic N) is 1. The topological polar surface area (TPSA) is 49.4 Å². The van der Waals surface area contributed by atoms with E-state index in [9.17, 15) is 9.59 Å². The Kier molecular flexibility index (Phi) is 6.11.